The summed E-state index contributed by atoms with van der Waals surface area (Å²) in [4.78, 5) is 12.6. The van der Waals surface area contributed by atoms with Gasteiger partial charge in [-0.15, -0.1) is 0 Å². The van der Waals surface area contributed by atoms with E-state index in [1.54, 1.807) is 12.4 Å². The van der Waals surface area contributed by atoms with Crippen LogP contribution in [-0.4, -0.2) is 15.0 Å². The van der Waals surface area contributed by atoms with Gasteiger partial charge >= 0.3 is 0 Å². The van der Waals surface area contributed by atoms with Gasteiger partial charge in [-0.2, -0.15) is 0 Å². The Balaban J connectivity index is 2.35. The second kappa shape index (κ2) is 4.35. The van der Waals surface area contributed by atoms with Gasteiger partial charge in [-0.1, -0.05) is 18.2 Å². The molecule has 88 valence electrons. The lowest BCUT2D eigenvalue weighted by Gasteiger charge is -2.08. The molecule has 0 saturated heterocycles. The molecule has 0 aliphatic heterocycles. The Morgan fingerprint density at radius 1 is 1.06 bits per heavy atom. The van der Waals surface area contributed by atoms with Gasteiger partial charge in [0, 0.05) is 23.3 Å². The van der Waals surface area contributed by atoms with E-state index in [-0.39, 0.29) is 5.28 Å². The second-order valence-corrected chi connectivity index (χ2v) is 4.38. The summed E-state index contributed by atoms with van der Waals surface area (Å²) in [5, 5.41) is 1.33. The third-order valence-corrected chi connectivity index (χ3v) is 3.03. The predicted molar refractivity (Wildman–Crippen MR) is 72.5 cm³/mol. The van der Waals surface area contributed by atoms with Gasteiger partial charge in [0.15, 0.2) is 0 Å². The molecule has 0 N–H and O–H groups in total. The number of aromatic nitrogens is 3. The topological polar surface area (TPSA) is 38.7 Å². The lowest BCUT2D eigenvalue weighted by Crippen LogP contribution is -1.93. The molecule has 0 radical (unpaired) electrons. The molecule has 18 heavy (non-hydrogen) atoms. The number of aryl methyl sites for hydroxylation is 1. The Labute approximate surface area is 109 Å². The second-order valence-electron chi connectivity index (χ2n) is 4.05. The van der Waals surface area contributed by atoms with Crippen molar-refractivity contribution in [2.75, 3.05) is 0 Å². The molecule has 0 bridgehead atoms. The maximum absolute atomic E-state index is 5.88. The third kappa shape index (κ3) is 1.83. The number of nitrogens with zero attached hydrogens (tertiary/aromatic N) is 3. The Morgan fingerprint density at radius 3 is 2.83 bits per heavy atom. The molecule has 0 saturated carbocycles. The summed E-state index contributed by atoms with van der Waals surface area (Å²) in [6, 6.07) is 9.93. The number of halogens is 1. The summed E-state index contributed by atoms with van der Waals surface area (Å²) in [6.45, 7) is 1.97. The average Bonchev–Trinajstić information content (AvgIpc) is 2.41. The molecule has 2 aromatic heterocycles. The van der Waals surface area contributed by atoms with Crippen molar-refractivity contribution >= 4 is 22.5 Å². The van der Waals surface area contributed by atoms with Crippen LogP contribution >= 0.6 is 11.6 Å². The van der Waals surface area contributed by atoms with Crippen LogP contribution < -0.4 is 0 Å². The summed E-state index contributed by atoms with van der Waals surface area (Å²) < 4.78 is 0. The fraction of sp³-hybridized carbons (Fsp3) is 0.0714. The van der Waals surface area contributed by atoms with Gasteiger partial charge in [-0.25, -0.2) is 9.97 Å². The summed E-state index contributed by atoms with van der Waals surface area (Å²) in [6.07, 6.45) is 3.52. The predicted octanol–water partition coefficient (Wildman–Crippen LogP) is 3.65. The number of benzene rings is 1. The molecule has 3 aromatic rings. The third-order valence-electron chi connectivity index (χ3n) is 2.84. The number of fused-ring (bicyclic) bond motifs is 1. The van der Waals surface area contributed by atoms with Crippen molar-refractivity contribution in [3.63, 3.8) is 0 Å². The molecule has 0 amide bonds. The van der Waals surface area contributed by atoms with Gasteiger partial charge in [0.25, 0.3) is 0 Å². The van der Waals surface area contributed by atoms with Gasteiger partial charge in [-0.3, -0.25) is 4.98 Å². The fourth-order valence-corrected chi connectivity index (χ4v) is 2.14. The molecule has 0 fully saturated rings. The monoisotopic (exact) mass is 255 g/mol. The molecule has 4 heteroatoms. The van der Waals surface area contributed by atoms with Crippen molar-refractivity contribution < 1.29 is 0 Å². The Bertz CT molecular complexity index is 720. The highest BCUT2D eigenvalue weighted by molar-refractivity contribution is 6.28. The van der Waals surface area contributed by atoms with E-state index >= 15 is 0 Å². The van der Waals surface area contributed by atoms with Crippen molar-refractivity contribution in [3.05, 3.63) is 53.6 Å². The normalized spacial score (nSPS) is 10.8. The minimum absolute atomic E-state index is 0.261. The molecule has 0 aliphatic rings. The zero-order valence-corrected chi connectivity index (χ0v) is 10.5. The number of hydrogen-bond donors (Lipinski definition) is 0. The van der Waals surface area contributed by atoms with Crippen LogP contribution in [0.4, 0.5) is 0 Å². The van der Waals surface area contributed by atoms with Gasteiger partial charge in [0.1, 0.15) is 0 Å². The standard InChI is InChI=1S/C14H10ClN3/c1-9-8-17-14(15)18-13(9)11-4-2-6-12-10(11)5-3-7-16-12/h2-8H,1H3. The van der Waals surface area contributed by atoms with Crippen LogP contribution in [0.5, 0.6) is 0 Å². The van der Waals surface area contributed by atoms with Crippen LogP contribution in [0.25, 0.3) is 22.2 Å². The largest absolute Gasteiger partial charge is 0.256 e. The highest BCUT2D eigenvalue weighted by Gasteiger charge is 2.09. The van der Waals surface area contributed by atoms with Crippen LogP contribution in [0.1, 0.15) is 5.56 Å². The molecule has 0 spiro atoms. The molecule has 1 aromatic carbocycles. The molecule has 0 unspecified atom stereocenters. The van der Waals surface area contributed by atoms with E-state index in [0.717, 1.165) is 27.7 Å². The number of rotatable bonds is 1. The van der Waals surface area contributed by atoms with E-state index in [1.807, 2.05) is 37.3 Å². The fourth-order valence-electron chi connectivity index (χ4n) is 2.00. The smallest absolute Gasteiger partial charge is 0.222 e. The Hall–Kier alpha value is -2.00. The number of pyridine rings is 1. The van der Waals surface area contributed by atoms with E-state index < -0.39 is 0 Å². The van der Waals surface area contributed by atoms with Crippen molar-refractivity contribution in [2.24, 2.45) is 0 Å². The highest BCUT2D eigenvalue weighted by Crippen LogP contribution is 2.28. The minimum atomic E-state index is 0.261. The van der Waals surface area contributed by atoms with Gasteiger partial charge in [0.2, 0.25) is 5.28 Å². The van der Waals surface area contributed by atoms with Crippen LogP contribution in [0.2, 0.25) is 5.28 Å². The first-order valence-electron chi connectivity index (χ1n) is 5.59. The average molecular weight is 256 g/mol. The molecule has 0 atom stereocenters. The van der Waals surface area contributed by atoms with Crippen molar-refractivity contribution in [1.29, 1.82) is 0 Å². The minimum Gasteiger partial charge on any atom is -0.256 e. The Morgan fingerprint density at radius 2 is 1.94 bits per heavy atom. The first-order chi connectivity index (χ1) is 8.75. The molecule has 3 nitrogen and oxygen atoms in total. The van der Waals surface area contributed by atoms with Crippen LogP contribution in [-0.2, 0) is 0 Å². The lowest BCUT2D eigenvalue weighted by molar-refractivity contribution is 1.14. The van der Waals surface area contributed by atoms with E-state index in [2.05, 4.69) is 15.0 Å². The van der Waals surface area contributed by atoms with Gasteiger partial charge in [-0.05, 0) is 36.2 Å². The van der Waals surface area contributed by atoms with E-state index in [4.69, 9.17) is 11.6 Å². The van der Waals surface area contributed by atoms with Crippen molar-refractivity contribution in [3.8, 4) is 11.3 Å². The Kier molecular flexibility index (Phi) is 2.68. The quantitative estimate of drug-likeness (QED) is 0.623. The first kappa shape index (κ1) is 11.1. The summed E-state index contributed by atoms with van der Waals surface area (Å²) in [7, 11) is 0. The lowest BCUT2D eigenvalue weighted by atomic mass is 10.0. The van der Waals surface area contributed by atoms with Gasteiger partial charge in [0.05, 0.1) is 11.2 Å². The summed E-state index contributed by atoms with van der Waals surface area (Å²) >= 11 is 5.88. The molecular formula is C14H10ClN3. The van der Waals surface area contributed by atoms with Crippen LogP contribution in [0.15, 0.2) is 42.7 Å². The van der Waals surface area contributed by atoms with E-state index in [1.165, 1.54) is 0 Å². The molecule has 2 heterocycles. The number of hydrogen-bond acceptors (Lipinski definition) is 3. The van der Waals surface area contributed by atoms with Gasteiger partial charge < -0.3 is 0 Å². The van der Waals surface area contributed by atoms with Crippen LogP contribution in [0.3, 0.4) is 0 Å². The maximum atomic E-state index is 5.88. The van der Waals surface area contributed by atoms with Crippen molar-refractivity contribution in [1.82, 2.24) is 15.0 Å². The summed E-state index contributed by atoms with van der Waals surface area (Å²) in [5.74, 6) is 0. The van der Waals surface area contributed by atoms with E-state index in [0.29, 0.717) is 0 Å². The van der Waals surface area contributed by atoms with Crippen LogP contribution in [0, 0.1) is 6.92 Å². The molecule has 0 aliphatic carbocycles. The summed E-state index contributed by atoms with van der Waals surface area (Å²) in [5.41, 5.74) is 3.83. The highest BCUT2D eigenvalue weighted by atomic mass is 35.5. The molecule has 3 rings (SSSR count). The SMILES string of the molecule is Cc1cnc(Cl)nc1-c1cccc2ncccc12. The zero-order valence-electron chi connectivity index (χ0n) is 9.76. The van der Waals surface area contributed by atoms with Crippen molar-refractivity contribution in [2.45, 2.75) is 6.92 Å². The molecular weight excluding hydrogens is 246 g/mol. The zero-order chi connectivity index (χ0) is 12.5. The first-order valence-corrected chi connectivity index (χ1v) is 5.97. The van der Waals surface area contributed by atoms with E-state index in [9.17, 15) is 0 Å². The maximum Gasteiger partial charge on any atom is 0.222 e.